The van der Waals surface area contributed by atoms with E-state index in [0.29, 0.717) is 23.5 Å². The monoisotopic (exact) mass is 474 g/mol. The summed E-state index contributed by atoms with van der Waals surface area (Å²) in [7, 11) is 0. The van der Waals surface area contributed by atoms with Gasteiger partial charge in [0.25, 0.3) is 0 Å². The van der Waals surface area contributed by atoms with Crippen LogP contribution in [0.2, 0.25) is 0 Å². The molecule has 2 atom stereocenters. The van der Waals surface area contributed by atoms with Gasteiger partial charge in [0.15, 0.2) is 11.6 Å². The van der Waals surface area contributed by atoms with Gasteiger partial charge in [0.1, 0.15) is 11.9 Å². The second-order valence-electron chi connectivity index (χ2n) is 10.0. The number of halogens is 1. The minimum absolute atomic E-state index is 0.0139. The van der Waals surface area contributed by atoms with Crippen molar-refractivity contribution in [2.24, 2.45) is 11.3 Å². The van der Waals surface area contributed by atoms with E-state index in [1.807, 2.05) is 44.2 Å². The molecule has 0 saturated heterocycles. The maximum Gasteiger partial charge on any atom is 0.178 e. The van der Waals surface area contributed by atoms with Crippen molar-refractivity contribution in [3.05, 3.63) is 89.5 Å². The molecule has 0 bridgehead atoms. The Labute approximate surface area is 208 Å². The van der Waals surface area contributed by atoms with Crippen LogP contribution < -0.4 is 0 Å². The molecule has 5 nitrogen and oxygen atoms in total. The highest BCUT2D eigenvalue weighted by molar-refractivity contribution is 6.04. The van der Waals surface area contributed by atoms with E-state index in [1.165, 1.54) is 6.07 Å². The number of carbonyl (C=O) groups is 1. The molecular formula is C30H23FN4O. The average Bonchev–Trinajstić information content (AvgIpc) is 2.90. The van der Waals surface area contributed by atoms with Crippen LogP contribution >= 0.6 is 0 Å². The number of pyridine rings is 1. The van der Waals surface area contributed by atoms with Gasteiger partial charge >= 0.3 is 0 Å². The minimum Gasteiger partial charge on any atom is -0.293 e. The highest BCUT2D eigenvalue weighted by atomic mass is 19.1. The lowest BCUT2D eigenvalue weighted by molar-refractivity contribution is -0.127. The molecule has 36 heavy (non-hydrogen) atoms. The molecule has 0 N–H and O–H groups in total. The summed E-state index contributed by atoms with van der Waals surface area (Å²) in [6.45, 7) is 3.83. The highest BCUT2D eigenvalue weighted by Crippen LogP contribution is 2.52. The summed E-state index contributed by atoms with van der Waals surface area (Å²) in [5.41, 5.74) is 3.71. The molecule has 0 aliphatic heterocycles. The van der Waals surface area contributed by atoms with Gasteiger partial charge in [-0.1, -0.05) is 50.3 Å². The number of hydrogen-bond donors (Lipinski definition) is 0. The smallest absolute Gasteiger partial charge is 0.178 e. The first-order chi connectivity index (χ1) is 17.4. The first kappa shape index (κ1) is 22.2. The van der Waals surface area contributed by atoms with Gasteiger partial charge in [-0.25, -0.2) is 14.4 Å². The number of rotatable bonds is 2. The van der Waals surface area contributed by atoms with Crippen molar-refractivity contribution in [3.8, 4) is 28.7 Å². The molecule has 0 amide bonds. The van der Waals surface area contributed by atoms with Crippen LogP contribution in [0.5, 0.6) is 0 Å². The van der Waals surface area contributed by atoms with E-state index in [4.69, 9.17) is 9.97 Å². The molecular weight excluding hydrogens is 451 g/mol. The van der Waals surface area contributed by atoms with Gasteiger partial charge in [-0.15, -0.1) is 0 Å². The third-order valence-electron chi connectivity index (χ3n) is 7.73. The third kappa shape index (κ3) is 3.27. The van der Waals surface area contributed by atoms with Gasteiger partial charge < -0.3 is 0 Å². The number of nitrogens with zero attached hydrogens (tertiary/aromatic N) is 4. The second kappa shape index (κ2) is 8.17. The maximum absolute atomic E-state index is 15.1. The zero-order chi connectivity index (χ0) is 25.0. The van der Waals surface area contributed by atoms with Gasteiger partial charge in [-0.3, -0.25) is 9.78 Å². The fourth-order valence-corrected chi connectivity index (χ4v) is 5.85. The fourth-order valence-electron chi connectivity index (χ4n) is 5.85. The fraction of sp³-hybridized carbons (Fsp3) is 0.233. The molecule has 6 rings (SSSR count). The SMILES string of the molecule is CC1(C)C(=O)C(C#N)=CC2c3nc(-c4cccc5ncccc45)nc(-c4ccccc4F)c3CCC21. The standard InChI is InChI=1S/C30H23FN4O/c1-30(2)23-13-12-21-26(20-7-3-4-10-24(20)31)34-29(19-8-5-11-25-18(19)9-6-14-33-25)35-27(21)22(23)15-17(16-32)28(30)36/h3-11,14-15,22-23H,12-13H2,1-2H3. The number of hydrogen-bond acceptors (Lipinski definition) is 5. The minimum atomic E-state index is -0.700. The molecule has 2 aliphatic rings. The number of nitriles is 1. The van der Waals surface area contributed by atoms with Crippen LogP contribution in [-0.2, 0) is 11.2 Å². The van der Waals surface area contributed by atoms with Crippen molar-refractivity contribution in [3.63, 3.8) is 0 Å². The van der Waals surface area contributed by atoms with E-state index in [-0.39, 0.29) is 29.0 Å². The zero-order valence-corrected chi connectivity index (χ0v) is 20.0. The van der Waals surface area contributed by atoms with Crippen LogP contribution in [0, 0.1) is 28.5 Å². The molecule has 0 radical (unpaired) electrons. The van der Waals surface area contributed by atoms with Crippen LogP contribution in [-0.4, -0.2) is 20.7 Å². The van der Waals surface area contributed by atoms with Crippen molar-refractivity contribution in [2.45, 2.75) is 32.6 Å². The Balaban J connectivity index is 1.67. The predicted molar refractivity (Wildman–Crippen MR) is 135 cm³/mol. The summed E-state index contributed by atoms with van der Waals surface area (Å²) in [6, 6.07) is 18.4. The molecule has 6 heteroatoms. The summed E-state index contributed by atoms with van der Waals surface area (Å²) in [6.07, 6.45) is 4.87. The Bertz CT molecular complexity index is 1630. The quantitative estimate of drug-likeness (QED) is 0.345. The van der Waals surface area contributed by atoms with Crippen molar-refractivity contribution < 1.29 is 9.18 Å². The van der Waals surface area contributed by atoms with Gasteiger partial charge in [-0.05, 0) is 43.0 Å². The molecule has 2 unspecified atom stereocenters. The molecule has 0 saturated carbocycles. The number of fused-ring (bicyclic) bond motifs is 4. The number of allylic oxidation sites excluding steroid dienone is 2. The Morgan fingerprint density at radius 2 is 1.83 bits per heavy atom. The number of benzene rings is 2. The molecule has 2 aromatic carbocycles. The summed E-state index contributed by atoms with van der Waals surface area (Å²) in [5, 5.41) is 10.6. The molecule has 2 heterocycles. The van der Waals surface area contributed by atoms with Gasteiger partial charge in [0.05, 0.1) is 22.5 Å². The number of aromatic nitrogens is 3. The summed E-state index contributed by atoms with van der Waals surface area (Å²) in [4.78, 5) is 27.5. The van der Waals surface area contributed by atoms with Crippen molar-refractivity contribution >= 4 is 16.7 Å². The molecule has 2 aliphatic carbocycles. The zero-order valence-electron chi connectivity index (χ0n) is 20.0. The average molecular weight is 475 g/mol. The van der Waals surface area contributed by atoms with E-state index < -0.39 is 5.41 Å². The van der Waals surface area contributed by atoms with Crippen molar-refractivity contribution in [1.82, 2.24) is 15.0 Å². The van der Waals surface area contributed by atoms with E-state index in [9.17, 15) is 10.1 Å². The van der Waals surface area contributed by atoms with Gasteiger partial charge in [0, 0.05) is 39.6 Å². The summed E-state index contributed by atoms with van der Waals surface area (Å²) >= 11 is 0. The molecule has 176 valence electrons. The van der Waals surface area contributed by atoms with Crippen molar-refractivity contribution in [2.75, 3.05) is 0 Å². The van der Waals surface area contributed by atoms with Crippen LogP contribution in [0.25, 0.3) is 33.5 Å². The molecule has 4 aromatic rings. The Kier molecular flexibility index (Phi) is 5.04. The van der Waals surface area contributed by atoms with Gasteiger partial charge in [0.2, 0.25) is 0 Å². The van der Waals surface area contributed by atoms with E-state index in [1.54, 1.807) is 30.5 Å². The molecule has 0 fully saturated rings. The van der Waals surface area contributed by atoms with E-state index >= 15 is 4.39 Å². The first-order valence-electron chi connectivity index (χ1n) is 12.1. The Morgan fingerprint density at radius 3 is 2.64 bits per heavy atom. The summed E-state index contributed by atoms with van der Waals surface area (Å²) in [5.74, 6) is -0.249. The lowest BCUT2D eigenvalue weighted by Crippen LogP contribution is -2.43. The predicted octanol–water partition coefficient (Wildman–Crippen LogP) is 6.20. The van der Waals surface area contributed by atoms with Crippen LogP contribution in [0.1, 0.15) is 37.4 Å². The Hall–Kier alpha value is -4.24. The number of ketones is 1. The molecule has 0 spiro atoms. The van der Waals surface area contributed by atoms with Crippen molar-refractivity contribution in [1.29, 1.82) is 5.26 Å². The Morgan fingerprint density at radius 1 is 1.03 bits per heavy atom. The van der Waals surface area contributed by atoms with Crippen LogP contribution in [0.4, 0.5) is 4.39 Å². The van der Waals surface area contributed by atoms with Crippen LogP contribution in [0.3, 0.4) is 0 Å². The van der Waals surface area contributed by atoms with E-state index in [2.05, 4.69) is 11.1 Å². The third-order valence-corrected chi connectivity index (χ3v) is 7.73. The summed E-state index contributed by atoms with van der Waals surface area (Å²) < 4.78 is 15.1. The largest absolute Gasteiger partial charge is 0.293 e. The lowest BCUT2D eigenvalue weighted by Gasteiger charge is -2.44. The van der Waals surface area contributed by atoms with Gasteiger partial charge in [-0.2, -0.15) is 5.26 Å². The highest BCUT2D eigenvalue weighted by Gasteiger charge is 2.49. The normalized spacial score (nSPS) is 20.3. The number of Topliss-reactive ketones (excluding diaryl/α,β-unsaturated/α-hetero) is 1. The van der Waals surface area contributed by atoms with E-state index in [0.717, 1.165) is 34.1 Å². The first-order valence-corrected chi connectivity index (χ1v) is 12.1. The lowest BCUT2D eigenvalue weighted by atomic mass is 9.59. The van der Waals surface area contributed by atoms with Crippen LogP contribution in [0.15, 0.2) is 72.4 Å². The second-order valence-corrected chi connectivity index (χ2v) is 10.0. The topological polar surface area (TPSA) is 79.5 Å². The maximum atomic E-state index is 15.1. The molecule has 2 aromatic heterocycles. The number of carbonyl (C=O) groups excluding carboxylic acids is 1.